The van der Waals surface area contributed by atoms with Gasteiger partial charge in [-0.25, -0.2) is 0 Å². The van der Waals surface area contributed by atoms with Gasteiger partial charge in [0.05, 0.1) is 11.6 Å². The van der Waals surface area contributed by atoms with Crippen molar-refractivity contribution in [2.75, 3.05) is 14.1 Å². The third-order valence-electron chi connectivity index (χ3n) is 8.02. The number of benzene rings is 1. The van der Waals surface area contributed by atoms with Gasteiger partial charge in [-0.3, -0.25) is 19.3 Å². The van der Waals surface area contributed by atoms with E-state index in [1.807, 2.05) is 6.92 Å². The van der Waals surface area contributed by atoms with E-state index in [2.05, 4.69) is 0 Å². The van der Waals surface area contributed by atoms with Crippen LogP contribution in [0.25, 0.3) is 5.76 Å². The van der Waals surface area contributed by atoms with Crippen molar-refractivity contribution in [2.24, 2.45) is 17.6 Å². The zero-order valence-electron chi connectivity index (χ0n) is 21.3. The molecular formula is C27H32N2O8. The third kappa shape index (κ3) is 3.77. The van der Waals surface area contributed by atoms with E-state index in [1.165, 1.54) is 11.8 Å². The van der Waals surface area contributed by atoms with Crippen LogP contribution in [0.1, 0.15) is 48.9 Å². The zero-order chi connectivity index (χ0) is 27.6. The van der Waals surface area contributed by atoms with Gasteiger partial charge in [0, 0.05) is 17.9 Å². The van der Waals surface area contributed by atoms with Crippen molar-refractivity contribution in [3.63, 3.8) is 0 Å². The standard InChI is InChI=1S/C27H32N2O8/c1-5-12-8-13(7-6-11(2)30)21(31)18-15(12)9-14-10-16-20(29(3)4)23(33)19(26(28)36)25(35)27(16,37)24(34)17(14)22(18)32/h8,14,16,20,31-32,35,37H,5-7,9-10H2,1-4H3,(H2,28,36)/t14-,16-,20?,27+/m0/s1. The minimum Gasteiger partial charge on any atom is -0.508 e. The summed E-state index contributed by atoms with van der Waals surface area (Å²) < 4.78 is 0. The SMILES string of the molecule is CCc1cc(CCC(C)=O)c(O)c2c1C[C@H]1C[C@H]3C(N(C)C)C(=O)C(C(N)=O)=C(O)[C@]3(O)C(=O)C1=C2O. The Labute approximate surface area is 214 Å². The van der Waals surface area contributed by atoms with Gasteiger partial charge in [0.2, 0.25) is 5.78 Å². The number of aromatic hydroxyl groups is 1. The maximum absolute atomic E-state index is 13.9. The number of Topliss-reactive ketones (excluding diaryl/α,β-unsaturated/α-hetero) is 3. The van der Waals surface area contributed by atoms with E-state index in [1.54, 1.807) is 20.2 Å². The van der Waals surface area contributed by atoms with Crippen LogP contribution in [0.5, 0.6) is 5.75 Å². The van der Waals surface area contributed by atoms with E-state index < -0.39 is 58.0 Å². The lowest BCUT2D eigenvalue weighted by Crippen LogP contribution is -2.65. The molecule has 0 aliphatic heterocycles. The van der Waals surface area contributed by atoms with Gasteiger partial charge in [-0.05, 0) is 69.3 Å². The first-order valence-corrected chi connectivity index (χ1v) is 12.3. The van der Waals surface area contributed by atoms with Gasteiger partial charge in [0.25, 0.3) is 5.91 Å². The number of amides is 1. The third-order valence-corrected chi connectivity index (χ3v) is 8.02. The maximum atomic E-state index is 13.9. The van der Waals surface area contributed by atoms with Gasteiger partial charge in [-0.15, -0.1) is 0 Å². The van der Waals surface area contributed by atoms with Crippen LogP contribution in [0.3, 0.4) is 0 Å². The molecule has 37 heavy (non-hydrogen) atoms. The first-order valence-electron chi connectivity index (χ1n) is 12.3. The van der Waals surface area contributed by atoms with Crippen molar-refractivity contribution in [3.05, 3.63) is 45.2 Å². The van der Waals surface area contributed by atoms with Gasteiger partial charge < -0.3 is 31.0 Å². The highest BCUT2D eigenvalue weighted by atomic mass is 16.3. The summed E-state index contributed by atoms with van der Waals surface area (Å²) in [6, 6.07) is 0.682. The topological polar surface area (TPSA) is 178 Å². The van der Waals surface area contributed by atoms with E-state index in [9.17, 15) is 39.6 Å². The number of primary amides is 1. The molecule has 1 unspecified atom stereocenters. The summed E-state index contributed by atoms with van der Waals surface area (Å²) in [4.78, 5) is 52.1. The van der Waals surface area contributed by atoms with Gasteiger partial charge in [0.15, 0.2) is 11.4 Å². The summed E-state index contributed by atoms with van der Waals surface area (Å²) in [6.45, 7) is 3.35. The van der Waals surface area contributed by atoms with Crippen LogP contribution in [-0.4, -0.2) is 74.3 Å². The molecule has 3 aliphatic carbocycles. The van der Waals surface area contributed by atoms with Crippen LogP contribution in [0.4, 0.5) is 0 Å². The predicted octanol–water partition coefficient (Wildman–Crippen LogP) is 1.05. The van der Waals surface area contributed by atoms with Crippen molar-refractivity contribution in [2.45, 2.75) is 57.6 Å². The Bertz CT molecular complexity index is 1310. The minimum atomic E-state index is -2.67. The van der Waals surface area contributed by atoms with Crippen LogP contribution in [0, 0.1) is 11.8 Å². The fraction of sp³-hybridized carbons (Fsp3) is 0.481. The molecule has 0 heterocycles. The number of aliphatic hydroxyl groups excluding tert-OH is 2. The number of rotatable bonds is 6. The molecule has 0 radical (unpaired) electrons. The highest BCUT2D eigenvalue weighted by molar-refractivity contribution is 6.24. The molecule has 1 amide bonds. The number of likely N-dealkylation sites (N-methyl/N-ethyl adjacent to an activating group) is 1. The second kappa shape index (κ2) is 9.11. The average molecular weight is 513 g/mol. The largest absolute Gasteiger partial charge is 0.508 e. The summed E-state index contributed by atoms with van der Waals surface area (Å²) in [5.74, 6) is -6.78. The van der Waals surface area contributed by atoms with Crippen LogP contribution in [0.2, 0.25) is 0 Å². The predicted molar refractivity (Wildman–Crippen MR) is 133 cm³/mol. The second-order valence-corrected chi connectivity index (χ2v) is 10.4. The molecular weight excluding hydrogens is 480 g/mol. The first-order chi connectivity index (χ1) is 17.3. The Kier molecular flexibility index (Phi) is 6.54. The van der Waals surface area contributed by atoms with Crippen molar-refractivity contribution >= 4 is 29.0 Å². The Hall–Kier alpha value is -3.50. The van der Waals surface area contributed by atoms with Crippen molar-refractivity contribution in [1.29, 1.82) is 0 Å². The summed E-state index contributed by atoms with van der Waals surface area (Å²) in [5, 5.41) is 45.0. The van der Waals surface area contributed by atoms with Gasteiger partial charge in [-0.2, -0.15) is 0 Å². The normalized spacial score (nSPS) is 27.2. The van der Waals surface area contributed by atoms with Gasteiger partial charge >= 0.3 is 0 Å². The quantitative estimate of drug-likeness (QED) is 0.348. The van der Waals surface area contributed by atoms with Gasteiger partial charge in [-0.1, -0.05) is 13.0 Å². The Morgan fingerprint density at radius 2 is 1.81 bits per heavy atom. The van der Waals surface area contributed by atoms with E-state index >= 15 is 0 Å². The number of hydrogen-bond acceptors (Lipinski definition) is 9. The molecule has 1 fully saturated rings. The number of fused-ring (bicyclic) bond motifs is 3. The number of phenols is 1. The van der Waals surface area contributed by atoms with Crippen LogP contribution in [-0.2, 0) is 38.4 Å². The molecule has 0 aromatic heterocycles. The van der Waals surface area contributed by atoms with E-state index in [-0.39, 0.29) is 48.4 Å². The van der Waals surface area contributed by atoms with Crippen molar-refractivity contribution in [1.82, 2.24) is 4.90 Å². The Morgan fingerprint density at radius 1 is 1.16 bits per heavy atom. The molecule has 1 aromatic rings. The Morgan fingerprint density at radius 3 is 2.35 bits per heavy atom. The minimum absolute atomic E-state index is 0.0434. The molecule has 0 bridgehead atoms. The van der Waals surface area contributed by atoms with Crippen LogP contribution in [0.15, 0.2) is 23.0 Å². The van der Waals surface area contributed by atoms with Crippen molar-refractivity contribution < 1.29 is 39.6 Å². The number of nitrogens with zero attached hydrogens (tertiary/aromatic N) is 1. The fourth-order valence-electron chi connectivity index (χ4n) is 6.27. The summed E-state index contributed by atoms with van der Waals surface area (Å²) >= 11 is 0. The molecule has 1 saturated carbocycles. The highest BCUT2D eigenvalue weighted by Gasteiger charge is 2.64. The number of aryl methyl sites for hydroxylation is 2. The Balaban J connectivity index is 1.95. The molecule has 3 aliphatic rings. The zero-order valence-corrected chi connectivity index (χ0v) is 21.3. The van der Waals surface area contributed by atoms with Crippen LogP contribution >= 0.6 is 0 Å². The fourth-order valence-corrected chi connectivity index (χ4v) is 6.27. The summed E-state index contributed by atoms with van der Waals surface area (Å²) in [7, 11) is 3.12. The lowest BCUT2D eigenvalue weighted by Gasteiger charge is -2.50. The van der Waals surface area contributed by atoms with E-state index in [0.29, 0.717) is 17.5 Å². The second-order valence-electron chi connectivity index (χ2n) is 10.4. The highest BCUT2D eigenvalue weighted by Crippen LogP contribution is 2.53. The number of ketones is 3. The van der Waals surface area contributed by atoms with Crippen molar-refractivity contribution in [3.8, 4) is 5.75 Å². The molecule has 0 spiro atoms. The molecule has 1 aromatic carbocycles. The van der Waals surface area contributed by atoms with E-state index in [4.69, 9.17) is 5.73 Å². The maximum Gasteiger partial charge on any atom is 0.255 e. The molecule has 4 rings (SSSR count). The lowest BCUT2D eigenvalue weighted by molar-refractivity contribution is -0.153. The number of carbonyl (C=O) groups excluding carboxylic acids is 4. The molecule has 0 saturated heterocycles. The monoisotopic (exact) mass is 512 g/mol. The summed E-state index contributed by atoms with van der Waals surface area (Å²) in [5.41, 5.74) is 3.65. The number of nitrogens with two attached hydrogens (primary N) is 1. The molecule has 198 valence electrons. The molecule has 4 atom stereocenters. The lowest BCUT2D eigenvalue weighted by atomic mass is 9.57. The van der Waals surface area contributed by atoms with Crippen LogP contribution < -0.4 is 5.73 Å². The number of carbonyl (C=O) groups is 4. The summed E-state index contributed by atoms with van der Waals surface area (Å²) in [6.07, 6.45) is 1.28. The molecule has 10 heteroatoms. The molecule has 6 N–H and O–H groups in total. The number of aliphatic hydroxyl groups is 3. The average Bonchev–Trinajstić information content (AvgIpc) is 2.80. The smallest absolute Gasteiger partial charge is 0.255 e. The number of phenolic OH excluding ortho intramolecular Hbond substituents is 1. The van der Waals surface area contributed by atoms with E-state index in [0.717, 1.165) is 5.56 Å². The molecule has 10 nitrogen and oxygen atoms in total. The van der Waals surface area contributed by atoms with Gasteiger partial charge in [0.1, 0.15) is 28.6 Å². The number of hydrogen-bond donors (Lipinski definition) is 5. The first kappa shape index (κ1) is 26.6.